The number of hydrogen-bond donors (Lipinski definition) is 1. The Labute approximate surface area is 119 Å². The fourth-order valence-corrected chi connectivity index (χ4v) is 3.81. The van der Waals surface area contributed by atoms with E-state index in [1.54, 1.807) is 0 Å². The molecule has 2 atom stereocenters. The molecule has 0 saturated carbocycles. The van der Waals surface area contributed by atoms with E-state index in [9.17, 15) is 0 Å². The summed E-state index contributed by atoms with van der Waals surface area (Å²) in [5.74, 6) is 3.07. The van der Waals surface area contributed by atoms with Gasteiger partial charge in [-0.25, -0.2) is 0 Å². The van der Waals surface area contributed by atoms with Crippen molar-refractivity contribution in [1.82, 2.24) is 5.32 Å². The molecule has 1 saturated heterocycles. The summed E-state index contributed by atoms with van der Waals surface area (Å²) < 4.78 is 11.2. The Morgan fingerprint density at radius 2 is 2.11 bits per heavy atom. The Bertz CT molecular complexity index is 438. The van der Waals surface area contributed by atoms with Crippen LogP contribution in [-0.4, -0.2) is 30.3 Å². The van der Waals surface area contributed by atoms with Gasteiger partial charge in [0.1, 0.15) is 13.2 Å². The van der Waals surface area contributed by atoms with Gasteiger partial charge in [-0.1, -0.05) is 13.0 Å². The Balaban J connectivity index is 1.60. The van der Waals surface area contributed by atoms with E-state index in [1.165, 1.54) is 24.2 Å². The fraction of sp³-hybridized carbons (Fsp3) is 0.600. The van der Waals surface area contributed by atoms with E-state index < -0.39 is 0 Å². The molecule has 19 heavy (non-hydrogen) atoms. The molecule has 104 valence electrons. The third-order valence-corrected chi connectivity index (χ3v) is 5.16. The van der Waals surface area contributed by atoms with E-state index in [0.717, 1.165) is 18.0 Å². The van der Waals surface area contributed by atoms with Crippen LogP contribution in [0.15, 0.2) is 18.2 Å². The van der Waals surface area contributed by atoms with E-state index >= 15 is 0 Å². The third-order valence-electron chi connectivity index (χ3n) is 3.78. The molecule has 3 nitrogen and oxygen atoms in total. The van der Waals surface area contributed by atoms with Gasteiger partial charge < -0.3 is 14.8 Å². The normalized spacial score (nSPS) is 26.2. The van der Waals surface area contributed by atoms with Crippen molar-refractivity contribution in [3.63, 3.8) is 0 Å². The van der Waals surface area contributed by atoms with Gasteiger partial charge in [-0.15, -0.1) is 0 Å². The predicted molar refractivity (Wildman–Crippen MR) is 79.2 cm³/mol. The fourth-order valence-electron chi connectivity index (χ4n) is 2.64. The van der Waals surface area contributed by atoms with E-state index in [0.29, 0.717) is 24.5 Å². The summed E-state index contributed by atoms with van der Waals surface area (Å²) in [7, 11) is 0. The van der Waals surface area contributed by atoms with Gasteiger partial charge in [0.25, 0.3) is 0 Å². The van der Waals surface area contributed by atoms with Gasteiger partial charge in [0, 0.05) is 17.8 Å². The number of nitrogens with one attached hydrogen (secondary N) is 1. The molecule has 2 aliphatic heterocycles. The highest BCUT2D eigenvalue weighted by Crippen LogP contribution is 2.31. The first kappa shape index (κ1) is 13.1. The van der Waals surface area contributed by atoms with Gasteiger partial charge in [0.2, 0.25) is 0 Å². The maximum absolute atomic E-state index is 5.62. The monoisotopic (exact) mass is 279 g/mol. The average molecular weight is 279 g/mol. The third kappa shape index (κ3) is 3.18. The zero-order valence-electron chi connectivity index (χ0n) is 11.4. The van der Waals surface area contributed by atoms with Crippen LogP contribution in [0, 0.1) is 0 Å². The van der Waals surface area contributed by atoms with Gasteiger partial charge >= 0.3 is 0 Å². The van der Waals surface area contributed by atoms with E-state index in [4.69, 9.17) is 9.47 Å². The lowest BCUT2D eigenvalue weighted by atomic mass is 10.1. The number of benzene rings is 1. The van der Waals surface area contributed by atoms with Crippen LogP contribution in [0.5, 0.6) is 11.5 Å². The number of ether oxygens (including phenoxy) is 2. The van der Waals surface area contributed by atoms with Crippen molar-refractivity contribution in [1.29, 1.82) is 0 Å². The van der Waals surface area contributed by atoms with Crippen LogP contribution in [0.1, 0.15) is 25.3 Å². The maximum atomic E-state index is 5.62. The van der Waals surface area contributed by atoms with Crippen molar-refractivity contribution < 1.29 is 9.47 Å². The SMILES string of the molecule is CC1SCCCC1NCc1ccc2c(c1)OCCO2. The number of fused-ring (bicyclic) bond motifs is 1. The second kappa shape index (κ2) is 6.06. The second-order valence-corrected chi connectivity index (χ2v) is 6.67. The molecule has 0 amide bonds. The molecule has 1 fully saturated rings. The van der Waals surface area contributed by atoms with Gasteiger partial charge in [0.05, 0.1) is 0 Å². The summed E-state index contributed by atoms with van der Waals surface area (Å²) >= 11 is 2.08. The molecular formula is C15H21NO2S. The van der Waals surface area contributed by atoms with Crippen LogP contribution < -0.4 is 14.8 Å². The van der Waals surface area contributed by atoms with Crippen molar-refractivity contribution in [3.8, 4) is 11.5 Å². The van der Waals surface area contributed by atoms with Crippen molar-refractivity contribution >= 4 is 11.8 Å². The first-order valence-electron chi connectivity index (χ1n) is 7.06. The molecule has 1 N–H and O–H groups in total. The summed E-state index contributed by atoms with van der Waals surface area (Å²) in [5.41, 5.74) is 1.27. The minimum Gasteiger partial charge on any atom is -0.486 e. The van der Waals surface area contributed by atoms with Crippen molar-refractivity contribution in [2.75, 3.05) is 19.0 Å². The predicted octanol–water partition coefficient (Wildman–Crippen LogP) is 2.83. The summed E-state index contributed by atoms with van der Waals surface area (Å²) in [6, 6.07) is 6.88. The van der Waals surface area contributed by atoms with E-state index in [1.807, 2.05) is 6.07 Å². The number of hydrogen-bond acceptors (Lipinski definition) is 4. The molecule has 4 heteroatoms. The smallest absolute Gasteiger partial charge is 0.161 e. The van der Waals surface area contributed by atoms with Crippen LogP contribution >= 0.6 is 11.8 Å². The molecule has 2 aliphatic rings. The minimum atomic E-state index is 0.631. The molecule has 2 heterocycles. The molecule has 3 rings (SSSR count). The molecule has 2 unspecified atom stereocenters. The maximum Gasteiger partial charge on any atom is 0.161 e. The summed E-state index contributed by atoms with van der Waals surface area (Å²) in [6.45, 7) is 4.54. The molecule has 0 bridgehead atoms. The van der Waals surface area contributed by atoms with Crippen LogP contribution in [0.2, 0.25) is 0 Å². The van der Waals surface area contributed by atoms with Crippen LogP contribution in [0.4, 0.5) is 0 Å². The van der Waals surface area contributed by atoms with Crippen molar-refractivity contribution in [2.24, 2.45) is 0 Å². The average Bonchev–Trinajstić information content (AvgIpc) is 2.46. The Kier molecular flexibility index (Phi) is 4.18. The standard InChI is InChI=1S/C15H21NO2S/c1-11-13(3-2-8-19-11)16-10-12-4-5-14-15(9-12)18-7-6-17-14/h4-5,9,11,13,16H,2-3,6-8,10H2,1H3. The molecule has 0 radical (unpaired) electrons. The Morgan fingerprint density at radius 1 is 1.26 bits per heavy atom. The van der Waals surface area contributed by atoms with Crippen molar-refractivity contribution in [2.45, 2.75) is 37.6 Å². The largest absolute Gasteiger partial charge is 0.486 e. The zero-order chi connectivity index (χ0) is 13.1. The Hall–Kier alpha value is -0.870. The first-order chi connectivity index (χ1) is 9.33. The van der Waals surface area contributed by atoms with Gasteiger partial charge in [0.15, 0.2) is 11.5 Å². The van der Waals surface area contributed by atoms with Gasteiger partial charge in [-0.3, -0.25) is 0 Å². The van der Waals surface area contributed by atoms with Gasteiger partial charge in [-0.05, 0) is 36.3 Å². The van der Waals surface area contributed by atoms with Crippen LogP contribution in [0.25, 0.3) is 0 Å². The highest BCUT2D eigenvalue weighted by atomic mass is 32.2. The summed E-state index contributed by atoms with van der Waals surface area (Å²) in [4.78, 5) is 0. The lowest BCUT2D eigenvalue weighted by molar-refractivity contribution is 0.171. The minimum absolute atomic E-state index is 0.631. The topological polar surface area (TPSA) is 30.5 Å². The van der Waals surface area contributed by atoms with Crippen LogP contribution in [-0.2, 0) is 6.54 Å². The molecule has 0 aromatic heterocycles. The lowest BCUT2D eigenvalue weighted by Gasteiger charge is -2.29. The summed E-state index contributed by atoms with van der Waals surface area (Å²) in [5, 5.41) is 4.39. The van der Waals surface area contributed by atoms with Crippen LogP contribution in [0.3, 0.4) is 0 Å². The molecule has 1 aromatic carbocycles. The lowest BCUT2D eigenvalue weighted by Crippen LogP contribution is -2.38. The second-order valence-electron chi connectivity index (χ2n) is 5.18. The van der Waals surface area contributed by atoms with Gasteiger partial charge in [-0.2, -0.15) is 11.8 Å². The first-order valence-corrected chi connectivity index (χ1v) is 8.11. The Morgan fingerprint density at radius 3 is 2.95 bits per heavy atom. The molecular weight excluding hydrogens is 258 g/mol. The number of rotatable bonds is 3. The number of thioether (sulfide) groups is 1. The van der Waals surface area contributed by atoms with E-state index in [2.05, 4.69) is 36.1 Å². The quantitative estimate of drug-likeness (QED) is 0.921. The highest BCUT2D eigenvalue weighted by Gasteiger charge is 2.21. The zero-order valence-corrected chi connectivity index (χ0v) is 12.2. The van der Waals surface area contributed by atoms with E-state index in [-0.39, 0.29) is 0 Å². The summed E-state index contributed by atoms with van der Waals surface area (Å²) in [6.07, 6.45) is 2.62. The molecule has 1 aromatic rings. The molecule has 0 spiro atoms. The van der Waals surface area contributed by atoms with Crippen molar-refractivity contribution in [3.05, 3.63) is 23.8 Å². The highest BCUT2D eigenvalue weighted by molar-refractivity contribution is 7.99. The molecule has 0 aliphatic carbocycles.